The van der Waals surface area contributed by atoms with Crippen molar-refractivity contribution in [3.05, 3.63) is 29.3 Å². The summed E-state index contributed by atoms with van der Waals surface area (Å²) in [6.07, 6.45) is 0.936. The van der Waals surface area contributed by atoms with Crippen LogP contribution < -0.4 is 4.90 Å². The predicted molar refractivity (Wildman–Crippen MR) is 96.7 cm³/mol. The van der Waals surface area contributed by atoms with Crippen molar-refractivity contribution in [3.8, 4) is 0 Å². The van der Waals surface area contributed by atoms with E-state index in [1.807, 2.05) is 29.2 Å². The van der Waals surface area contributed by atoms with Crippen LogP contribution in [0.4, 0.5) is 5.69 Å². The molecule has 2 aliphatic rings. The molecule has 1 unspecified atom stereocenters. The van der Waals surface area contributed by atoms with E-state index in [-0.39, 0.29) is 11.8 Å². The van der Waals surface area contributed by atoms with Gasteiger partial charge in [-0.25, -0.2) is 0 Å². The molecule has 5 nitrogen and oxygen atoms in total. The van der Waals surface area contributed by atoms with Crippen molar-refractivity contribution < 1.29 is 9.53 Å². The number of carbonyl (C=O) groups is 1. The minimum atomic E-state index is 0.117. The molecule has 2 fully saturated rings. The van der Waals surface area contributed by atoms with E-state index >= 15 is 0 Å². The summed E-state index contributed by atoms with van der Waals surface area (Å²) in [5.74, 6) is 0.366. The summed E-state index contributed by atoms with van der Waals surface area (Å²) < 4.78 is 5.14. The van der Waals surface area contributed by atoms with E-state index in [2.05, 4.69) is 9.80 Å². The van der Waals surface area contributed by atoms with Crippen molar-refractivity contribution in [2.75, 3.05) is 64.4 Å². The third kappa shape index (κ3) is 4.28. The van der Waals surface area contributed by atoms with E-state index in [4.69, 9.17) is 16.3 Å². The molecule has 0 aromatic heterocycles. The maximum atomic E-state index is 12.7. The summed E-state index contributed by atoms with van der Waals surface area (Å²) in [7, 11) is 1.74. The molecular formula is C18H26ClN3O2. The highest BCUT2D eigenvalue weighted by Gasteiger charge is 2.34. The Morgan fingerprint density at radius 2 is 1.75 bits per heavy atom. The van der Waals surface area contributed by atoms with Crippen LogP contribution in [0.3, 0.4) is 0 Å². The van der Waals surface area contributed by atoms with Gasteiger partial charge in [-0.3, -0.25) is 9.69 Å². The molecule has 132 valence electrons. The number of hydrogen-bond acceptors (Lipinski definition) is 4. The average molecular weight is 352 g/mol. The molecule has 1 aromatic carbocycles. The number of carbonyl (C=O) groups excluding carboxylic acids is 1. The lowest BCUT2D eigenvalue weighted by molar-refractivity contribution is -0.121. The van der Waals surface area contributed by atoms with Gasteiger partial charge in [-0.2, -0.15) is 0 Å². The molecule has 2 aliphatic heterocycles. The quantitative estimate of drug-likeness (QED) is 0.785. The first-order chi connectivity index (χ1) is 11.7. The second kappa shape index (κ2) is 8.30. The Bertz CT molecular complexity index is 544. The Morgan fingerprint density at radius 3 is 2.42 bits per heavy atom. The molecule has 0 aliphatic carbocycles. The Kier molecular flexibility index (Phi) is 6.11. The maximum absolute atomic E-state index is 12.7. The molecule has 3 rings (SSSR count). The molecule has 1 aromatic rings. The fraction of sp³-hybridized carbons (Fsp3) is 0.611. The van der Waals surface area contributed by atoms with E-state index < -0.39 is 0 Å². The lowest BCUT2D eigenvalue weighted by Crippen LogP contribution is -2.49. The van der Waals surface area contributed by atoms with Gasteiger partial charge in [0.05, 0.1) is 12.5 Å². The number of rotatable bonds is 6. The number of amides is 1. The molecule has 1 amide bonds. The van der Waals surface area contributed by atoms with Gasteiger partial charge in [-0.05, 0) is 30.7 Å². The minimum Gasteiger partial charge on any atom is -0.383 e. The van der Waals surface area contributed by atoms with Crippen LogP contribution in [-0.4, -0.2) is 75.2 Å². The molecule has 0 spiro atoms. The van der Waals surface area contributed by atoms with Gasteiger partial charge >= 0.3 is 0 Å². The van der Waals surface area contributed by atoms with Crippen LogP contribution >= 0.6 is 11.6 Å². The van der Waals surface area contributed by atoms with Crippen molar-refractivity contribution in [3.63, 3.8) is 0 Å². The number of halogens is 1. The predicted octanol–water partition coefficient (Wildman–Crippen LogP) is 1.96. The lowest BCUT2D eigenvalue weighted by atomic mass is 10.1. The van der Waals surface area contributed by atoms with E-state index in [1.54, 1.807) is 7.11 Å². The summed E-state index contributed by atoms with van der Waals surface area (Å²) in [6.45, 7) is 7.66. The Hall–Kier alpha value is -1.14. The topological polar surface area (TPSA) is 36.0 Å². The van der Waals surface area contributed by atoms with Crippen LogP contribution in [-0.2, 0) is 9.53 Å². The normalized spacial score (nSPS) is 23.2. The number of piperazine rings is 1. The van der Waals surface area contributed by atoms with E-state index in [1.165, 1.54) is 0 Å². The minimum absolute atomic E-state index is 0.117. The first-order valence-electron chi connectivity index (χ1n) is 8.68. The maximum Gasteiger partial charge on any atom is 0.231 e. The molecule has 2 heterocycles. The SMILES string of the molecule is COCCN1CCN(CC2CCN(c3ccc(Cl)cc3)C2=O)CC1. The molecule has 6 heteroatoms. The van der Waals surface area contributed by atoms with Crippen molar-refractivity contribution in [2.24, 2.45) is 5.92 Å². The summed E-state index contributed by atoms with van der Waals surface area (Å²) in [6, 6.07) is 7.54. The van der Waals surface area contributed by atoms with Crippen LogP contribution in [0.1, 0.15) is 6.42 Å². The smallest absolute Gasteiger partial charge is 0.231 e. The van der Waals surface area contributed by atoms with Gasteiger partial charge in [0.1, 0.15) is 0 Å². The molecule has 0 saturated carbocycles. The van der Waals surface area contributed by atoms with Gasteiger partial charge in [0.15, 0.2) is 0 Å². The van der Waals surface area contributed by atoms with Gasteiger partial charge in [0, 0.05) is 63.6 Å². The summed E-state index contributed by atoms with van der Waals surface area (Å²) >= 11 is 5.93. The fourth-order valence-electron chi connectivity index (χ4n) is 3.51. The molecule has 24 heavy (non-hydrogen) atoms. The van der Waals surface area contributed by atoms with Crippen LogP contribution in [0.5, 0.6) is 0 Å². The van der Waals surface area contributed by atoms with E-state index in [9.17, 15) is 4.79 Å². The second-order valence-electron chi connectivity index (χ2n) is 6.59. The number of ether oxygens (including phenoxy) is 1. The van der Waals surface area contributed by atoms with E-state index in [0.717, 1.165) is 64.5 Å². The summed E-state index contributed by atoms with van der Waals surface area (Å²) in [5.41, 5.74) is 0.955. The highest BCUT2D eigenvalue weighted by molar-refractivity contribution is 6.30. The standard InChI is InChI=1S/C18H26ClN3O2/c1-24-13-12-20-8-10-21(11-9-20)14-15-6-7-22(18(15)23)17-4-2-16(19)3-5-17/h2-5,15H,6-14H2,1H3. The highest BCUT2D eigenvalue weighted by Crippen LogP contribution is 2.27. The number of methoxy groups -OCH3 is 1. The van der Waals surface area contributed by atoms with Gasteiger partial charge in [-0.1, -0.05) is 11.6 Å². The van der Waals surface area contributed by atoms with Crippen molar-refractivity contribution in [2.45, 2.75) is 6.42 Å². The fourth-order valence-corrected chi connectivity index (χ4v) is 3.64. The van der Waals surface area contributed by atoms with Crippen molar-refractivity contribution in [1.29, 1.82) is 0 Å². The second-order valence-corrected chi connectivity index (χ2v) is 7.02. The lowest BCUT2D eigenvalue weighted by Gasteiger charge is -2.35. The first-order valence-corrected chi connectivity index (χ1v) is 9.06. The van der Waals surface area contributed by atoms with Gasteiger partial charge < -0.3 is 14.5 Å². The molecular weight excluding hydrogens is 326 g/mol. The zero-order chi connectivity index (χ0) is 16.9. The Labute approximate surface area is 149 Å². The molecule has 0 radical (unpaired) electrons. The Morgan fingerprint density at radius 1 is 1.08 bits per heavy atom. The third-order valence-corrected chi connectivity index (χ3v) is 5.26. The first kappa shape index (κ1) is 17.7. The van der Waals surface area contributed by atoms with Gasteiger partial charge in [0.2, 0.25) is 5.91 Å². The molecule has 0 bridgehead atoms. The van der Waals surface area contributed by atoms with Gasteiger partial charge in [-0.15, -0.1) is 0 Å². The number of hydrogen-bond donors (Lipinski definition) is 0. The highest BCUT2D eigenvalue weighted by atomic mass is 35.5. The monoisotopic (exact) mass is 351 g/mol. The molecule has 0 N–H and O–H groups in total. The molecule has 2 saturated heterocycles. The third-order valence-electron chi connectivity index (χ3n) is 5.01. The summed E-state index contributed by atoms with van der Waals surface area (Å²) in [5, 5.41) is 0.702. The van der Waals surface area contributed by atoms with Crippen LogP contribution in [0.2, 0.25) is 5.02 Å². The average Bonchev–Trinajstić information content (AvgIpc) is 2.96. The largest absolute Gasteiger partial charge is 0.383 e. The van der Waals surface area contributed by atoms with Crippen LogP contribution in [0, 0.1) is 5.92 Å². The molecule has 1 atom stereocenters. The zero-order valence-electron chi connectivity index (χ0n) is 14.3. The van der Waals surface area contributed by atoms with Crippen LogP contribution in [0.25, 0.3) is 0 Å². The summed E-state index contributed by atoms with van der Waals surface area (Å²) in [4.78, 5) is 19.5. The number of benzene rings is 1. The van der Waals surface area contributed by atoms with Crippen molar-refractivity contribution >= 4 is 23.2 Å². The number of nitrogens with zero attached hydrogens (tertiary/aromatic N) is 3. The Balaban J connectivity index is 1.49. The van der Waals surface area contributed by atoms with E-state index in [0.29, 0.717) is 5.02 Å². The number of anilines is 1. The van der Waals surface area contributed by atoms with Crippen molar-refractivity contribution in [1.82, 2.24) is 9.80 Å². The van der Waals surface area contributed by atoms with Crippen LogP contribution in [0.15, 0.2) is 24.3 Å². The van der Waals surface area contributed by atoms with Gasteiger partial charge in [0.25, 0.3) is 0 Å². The zero-order valence-corrected chi connectivity index (χ0v) is 15.0.